The predicted octanol–water partition coefficient (Wildman–Crippen LogP) is 3.05. The molecule has 0 saturated heterocycles. The topological polar surface area (TPSA) is 64.9 Å². The van der Waals surface area contributed by atoms with Crippen LogP contribution in [0.3, 0.4) is 0 Å². The maximum atomic E-state index is 5.94. The molecule has 0 radical (unpaired) electrons. The zero-order chi connectivity index (χ0) is 12.4. The summed E-state index contributed by atoms with van der Waals surface area (Å²) in [6, 6.07) is 7.03. The first kappa shape index (κ1) is 12.1. The highest BCUT2D eigenvalue weighted by atomic mass is 35.5. The lowest BCUT2D eigenvalue weighted by Crippen LogP contribution is -2.16. The Morgan fingerprint density at radius 1 is 1.29 bits per heavy atom. The molecule has 2 N–H and O–H groups in total. The Morgan fingerprint density at radius 3 is 2.71 bits per heavy atom. The van der Waals surface area contributed by atoms with Gasteiger partial charge < -0.3 is 10.2 Å². The molecule has 4 nitrogen and oxygen atoms in total. The standard InChI is InChI=1S/C12H14ClN3O/c1-7(2)10(14)12-16-15-11(17-12)8-4-3-5-9(13)6-8/h3-7,10H,14H2,1-2H3. The van der Waals surface area contributed by atoms with Gasteiger partial charge in [0.2, 0.25) is 11.8 Å². The summed E-state index contributed by atoms with van der Waals surface area (Å²) in [6.07, 6.45) is 0. The van der Waals surface area contributed by atoms with Gasteiger partial charge in [0.05, 0.1) is 6.04 Å². The lowest BCUT2D eigenvalue weighted by atomic mass is 10.1. The molecule has 0 fully saturated rings. The summed E-state index contributed by atoms with van der Waals surface area (Å²) in [6.45, 7) is 4.02. The fourth-order valence-electron chi connectivity index (χ4n) is 1.39. The molecular weight excluding hydrogens is 238 g/mol. The second-order valence-electron chi connectivity index (χ2n) is 4.23. The van der Waals surface area contributed by atoms with E-state index in [-0.39, 0.29) is 12.0 Å². The summed E-state index contributed by atoms with van der Waals surface area (Å²) in [5, 5.41) is 8.57. The number of rotatable bonds is 3. The maximum Gasteiger partial charge on any atom is 0.247 e. The Balaban J connectivity index is 2.30. The van der Waals surface area contributed by atoms with E-state index in [1.54, 1.807) is 12.1 Å². The average Bonchev–Trinajstić information content (AvgIpc) is 2.77. The van der Waals surface area contributed by atoms with Crippen LogP contribution in [0.4, 0.5) is 0 Å². The van der Waals surface area contributed by atoms with Crippen molar-refractivity contribution in [3.05, 3.63) is 35.2 Å². The molecule has 90 valence electrons. The van der Waals surface area contributed by atoms with Crippen molar-refractivity contribution in [2.45, 2.75) is 19.9 Å². The van der Waals surface area contributed by atoms with Gasteiger partial charge in [-0.25, -0.2) is 0 Å². The van der Waals surface area contributed by atoms with Crippen LogP contribution in [0.1, 0.15) is 25.8 Å². The van der Waals surface area contributed by atoms with E-state index in [4.69, 9.17) is 21.8 Å². The highest BCUT2D eigenvalue weighted by Gasteiger charge is 2.18. The number of halogens is 1. The van der Waals surface area contributed by atoms with Crippen LogP contribution in [0.5, 0.6) is 0 Å². The quantitative estimate of drug-likeness (QED) is 0.911. The first-order chi connectivity index (χ1) is 8.08. The van der Waals surface area contributed by atoms with Gasteiger partial charge in [0.25, 0.3) is 0 Å². The molecule has 1 unspecified atom stereocenters. The number of benzene rings is 1. The van der Waals surface area contributed by atoms with E-state index in [2.05, 4.69) is 10.2 Å². The molecule has 0 aliphatic carbocycles. The summed E-state index contributed by atoms with van der Waals surface area (Å²) in [7, 11) is 0. The summed E-state index contributed by atoms with van der Waals surface area (Å²) in [5.41, 5.74) is 6.74. The van der Waals surface area contributed by atoms with Crippen molar-refractivity contribution in [3.8, 4) is 11.5 Å². The van der Waals surface area contributed by atoms with Crippen molar-refractivity contribution in [3.63, 3.8) is 0 Å². The van der Waals surface area contributed by atoms with Crippen LogP contribution in [0.2, 0.25) is 5.02 Å². The van der Waals surface area contributed by atoms with Crippen LogP contribution in [0.25, 0.3) is 11.5 Å². The SMILES string of the molecule is CC(C)C(N)c1nnc(-c2cccc(Cl)c2)o1. The number of nitrogens with two attached hydrogens (primary N) is 1. The van der Waals surface area contributed by atoms with Gasteiger partial charge in [-0.15, -0.1) is 10.2 Å². The number of nitrogens with zero attached hydrogens (tertiary/aromatic N) is 2. The van der Waals surface area contributed by atoms with Gasteiger partial charge in [0, 0.05) is 10.6 Å². The average molecular weight is 252 g/mol. The maximum absolute atomic E-state index is 5.94. The normalized spacial score (nSPS) is 13.0. The fourth-order valence-corrected chi connectivity index (χ4v) is 1.58. The monoisotopic (exact) mass is 251 g/mol. The summed E-state index contributed by atoms with van der Waals surface area (Å²) >= 11 is 5.90. The molecule has 0 amide bonds. The summed E-state index contributed by atoms with van der Waals surface area (Å²) in [5.74, 6) is 1.15. The van der Waals surface area contributed by atoms with Gasteiger partial charge in [-0.05, 0) is 24.1 Å². The number of hydrogen-bond acceptors (Lipinski definition) is 4. The van der Waals surface area contributed by atoms with Crippen molar-refractivity contribution in [2.24, 2.45) is 11.7 Å². The first-order valence-corrected chi connectivity index (χ1v) is 5.80. The Labute approximate surface area is 105 Å². The van der Waals surface area contributed by atoms with Gasteiger partial charge >= 0.3 is 0 Å². The molecule has 0 spiro atoms. The minimum atomic E-state index is -0.240. The molecule has 1 heterocycles. The zero-order valence-corrected chi connectivity index (χ0v) is 10.5. The lowest BCUT2D eigenvalue weighted by Gasteiger charge is -2.09. The molecule has 2 rings (SSSR count). The molecule has 0 saturated carbocycles. The van der Waals surface area contributed by atoms with Crippen LogP contribution in [-0.4, -0.2) is 10.2 Å². The van der Waals surface area contributed by atoms with Crippen molar-refractivity contribution >= 4 is 11.6 Å². The summed E-state index contributed by atoms with van der Waals surface area (Å²) < 4.78 is 5.54. The molecule has 0 aliphatic heterocycles. The van der Waals surface area contributed by atoms with E-state index in [1.165, 1.54) is 0 Å². The fraction of sp³-hybridized carbons (Fsp3) is 0.333. The van der Waals surface area contributed by atoms with E-state index in [0.29, 0.717) is 16.8 Å². The molecule has 1 atom stereocenters. The second-order valence-corrected chi connectivity index (χ2v) is 4.66. The smallest absolute Gasteiger partial charge is 0.247 e. The van der Waals surface area contributed by atoms with E-state index >= 15 is 0 Å². The Bertz CT molecular complexity index is 510. The predicted molar refractivity (Wildman–Crippen MR) is 66.5 cm³/mol. The second kappa shape index (κ2) is 4.85. The molecule has 2 aromatic rings. The zero-order valence-electron chi connectivity index (χ0n) is 9.72. The van der Waals surface area contributed by atoms with Crippen molar-refractivity contribution < 1.29 is 4.42 Å². The van der Waals surface area contributed by atoms with Gasteiger partial charge in [-0.2, -0.15) is 0 Å². The van der Waals surface area contributed by atoms with E-state index in [1.807, 2.05) is 26.0 Å². The molecule has 5 heteroatoms. The van der Waals surface area contributed by atoms with Crippen LogP contribution in [-0.2, 0) is 0 Å². The highest BCUT2D eigenvalue weighted by molar-refractivity contribution is 6.30. The van der Waals surface area contributed by atoms with Crippen molar-refractivity contribution in [1.29, 1.82) is 0 Å². The molecule has 1 aromatic carbocycles. The van der Waals surface area contributed by atoms with Gasteiger partial charge in [-0.1, -0.05) is 31.5 Å². The largest absolute Gasteiger partial charge is 0.419 e. The Morgan fingerprint density at radius 2 is 2.06 bits per heavy atom. The van der Waals surface area contributed by atoms with E-state index in [0.717, 1.165) is 5.56 Å². The highest BCUT2D eigenvalue weighted by Crippen LogP contribution is 2.24. The van der Waals surface area contributed by atoms with Crippen LogP contribution >= 0.6 is 11.6 Å². The molecular formula is C12H14ClN3O. The third-order valence-electron chi connectivity index (χ3n) is 2.52. The Kier molecular flexibility index (Phi) is 3.45. The Hall–Kier alpha value is -1.39. The molecule has 17 heavy (non-hydrogen) atoms. The lowest BCUT2D eigenvalue weighted by molar-refractivity contribution is 0.394. The molecule has 0 aliphatic rings. The van der Waals surface area contributed by atoms with E-state index in [9.17, 15) is 0 Å². The van der Waals surface area contributed by atoms with Gasteiger partial charge in [0.15, 0.2) is 0 Å². The van der Waals surface area contributed by atoms with Gasteiger partial charge in [0.1, 0.15) is 0 Å². The van der Waals surface area contributed by atoms with Crippen molar-refractivity contribution in [1.82, 2.24) is 10.2 Å². The number of aromatic nitrogens is 2. The van der Waals surface area contributed by atoms with Crippen molar-refractivity contribution in [2.75, 3.05) is 0 Å². The molecule has 1 aromatic heterocycles. The summed E-state index contributed by atoms with van der Waals surface area (Å²) in [4.78, 5) is 0. The van der Waals surface area contributed by atoms with Gasteiger partial charge in [-0.3, -0.25) is 0 Å². The van der Waals surface area contributed by atoms with Crippen LogP contribution in [0.15, 0.2) is 28.7 Å². The van der Waals surface area contributed by atoms with Crippen LogP contribution in [0, 0.1) is 5.92 Å². The molecule has 0 bridgehead atoms. The minimum Gasteiger partial charge on any atom is -0.419 e. The third-order valence-corrected chi connectivity index (χ3v) is 2.75. The minimum absolute atomic E-state index is 0.240. The number of hydrogen-bond donors (Lipinski definition) is 1. The van der Waals surface area contributed by atoms with Crippen LogP contribution < -0.4 is 5.73 Å². The van der Waals surface area contributed by atoms with E-state index < -0.39 is 0 Å². The third kappa shape index (κ3) is 2.65. The first-order valence-electron chi connectivity index (χ1n) is 5.43.